The lowest BCUT2D eigenvalue weighted by Crippen LogP contribution is -2.15. The minimum absolute atomic E-state index is 0.642. The number of aromatic nitrogens is 2. The molecular formula is C10H17N3OS. The van der Waals surface area contributed by atoms with E-state index in [0.29, 0.717) is 5.92 Å². The van der Waals surface area contributed by atoms with Crippen molar-refractivity contribution in [1.29, 1.82) is 0 Å². The highest BCUT2D eigenvalue weighted by molar-refractivity contribution is 7.07. The Bertz CT molecular complexity index is 297. The second-order valence-corrected chi connectivity index (χ2v) is 4.61. The summed E-state index contributed by atoms with van der Waals surface area (Å²) in [5.74, 6) is 1.56. The van der Waals surface area contributed by atoms with E-state index in [9.17, 15) is 0 Å². The van der Waals surface area contributed by atoms with Crippen LogP contribution in [-0.4, -0.2) is 29.1 Å². The fraction of sp³-hybridized carbons (Fsp3) is 0.800. The van der Waals surface area contributed by atoms with Crippen molar-refractivity contribution in [2.75, 3.05) is 19.7 Å². The van der Waals surface area contributed by atoms with E-state index in [0.717, 1.165) is 43.6 Å². The summed E-state index contributed by atoms with van der Waals surface area (Å²) in [5.41, 5.74) is 0. The van der Waals surface area contributed by atoms with Crippen molar-refractivity contribution >= 4 is 11.5 Å². The van der Waals surface area contributed by atoms with Crippen LogP contribution in [0.1, 0.15) is 25.6 Å². The molecular weight excluding hydrogens is 210 g/mol. The monoisotopic (exact) mass is 227 g/mol. The zero-order valence-corrected chi connectivity index (χ0v) is 9.85. The van der Waals surface area contributed by atoms with Crippen LogP contribution in [0.2, 0.25) is 0 Å². The van der Waals surface area contributed by atoms with E-state index < -0.39 is 0 Å². The molecule has 4 nitrogen and oxygen atoms in total. The van der Waals surface area contributed by atoms with Crippen molar-refractivity contribution in [2.45, 2.75) is 26.2 Å². The lowest BCUT2D eigenvalue weighted by molar-refractivity contribution is 0.258. The summed E-state index contributed by atoms with van der Waals surface area (Å²) < 4.78 is 9.86. The van der Waals surface area contributed by atoms with E-state index in [1.807, 2.05) is 0 Å². The van der Waals surface area contributed by atoms with Gasteiger partial charge in [0, 0.05) is 30.4 Å². The van der Waals surface area contributed by atoms with Gasteiger partial charge in [-0.25, -0.2) is 0 Å². The zero-order valence-electron chi connectivity index (χ0n) is 9.03. The number of hydrogen-bond donors (Lipinski definition) is 1. The minimum atomic E-state index is 0.642. The standard InChI is InChI=1S/C10H17N3OS/c1-2-3-9-12-10(15-13-9)14-7-8-4-5-11-6-8/h8,11H,2-7H2,1H3. The number of rotatable bonds is 5. The van der Waals surface area contributed by atoms with Crippen molar-refractivity contribution in [1.82, 2.24) is 14.7 Å². The van der Waals surface area contributed by atoms with Crippen molar-refractivity contribution in [3.8, 4) is 5.19 Å². The third-order valence-electron chi connectivity index (χ3n) is 2.53. The highest BCUT2D eigenvalue weighted by atomic mass is 32.1. The lowest BCUT2D eigenvalue weighted by Gasteiger charge is -2.06. The van der Waals surface area contributed by atoms with Gasteiger partial charge in [0.05, 0.1) is 6.61 Å². The molecule has 84 valence electrons. The van der Waals surface area contributed by atoms with Crippen LogP contribution in [-0.2, 0) is 6.42 Å². The Morgan fingerprint density at radius 1 is 1.60 bits per heavy atom. The number of nitrogens with zero attached hydrogens (tertiary/aromatic N) is 2. The Hall–Kier alpha value is -0.680. The molecule has 0 aromatic carbocycles. The molecule has 1 aromatic heterocycles. The quantitative estimate of drug-likeness (QED) is 0.827. The van der Waals surface area contributed by atoms with Crippen molar-refractivity contribution in [2.24, 2.45) is 5.92 Å². The zero-order chi connectivity index (χ0) is 10.5. The summed E-state index contributed by atoms with van der Waals surface area (Å²) in [4.78, 5) is 4.33. The molecule has 2 rings (SSSR count). The minimum Gasteiger partial charge on any atom is -0.469 e. The SMILES string of the molecule is CCCc1nsc(OCC2CCNC2)n1. The summed E-state index contributed by atoms with van der Waals surface area (Å²) >= 11 is 1.37. The first-order valence-electron chi connectivity index (χ1n) is 5.54. The molecule has 0 amide bonds. The molecule has 1 saturated heterocycles. The summed E-state index contributed by atoms with van der Waals surface area (Å²) in [6.07, 6.45) is 3.24. The third kappa shape index (κ3) is 3.14. The molecule has 1 atom stereocenters. The Morgan fingerprint density at radius 3 is 3.27 bits per heavy atom. The summed E-state index contributed by atoms with van der Waals surface area (Å²) in [7, 11) is 0. The largest absolute Gasteiger partial charge is 0.469 e. The molecule has 1 fully saturated rings. The predicted molar refractivity (Wildman–Crippen MR) is 60.4 cm³/mol. The van der Waals surface area contributed by atoms with Crippen molar-refractivity contribution < 1.29 is 4.74 Å². The van der Waals surface area contributed by atoms with Crippen LogP contribution in [0.4, 0.5) is 0 Å². The second kappa shape index (κ2) is 5.42. The van der Waals surface area contributed by atoms with Crippen LogP contribution in [0.5, 0.6) is 5.19 Å². The molecule has 1 unspecified atom stereocenters. The van der Waals surface area contributed by atoms with Crippen LogP contribution in [0.3, 0.4) is 0 Å². The van der Waals surface area contributed by atoms with Crippen LogP contribution in [0.15, 0.2) is 0 Å². The first-order chi connectivity index (χ1) is 7.38. The number of nitrogens with one attached hydrogen (secondary N) is 1. The maximum Gasteiger partial charge on any atom is 0.293 e. The van der Waals surface area contributed by atoms with Crippen molar-refractivity contribution in [3.05, 3.63) is 5.82 Å². The van der Waals surface area contributed by atoms with Crippen LogP contribution >= 0.6 is 11.5 Å². The first-order valence-corrected chi connectivity index (χ1v) is 6.32. The fourth-order valence-corrected chi connectivity index (χ4v) is 2.25. The smallest absolute Gasteiger partial charge is 0.293 e. The molecule has 0 bridgehead atoms. The van der Waals surface area contributed by atoms with Gasteiger partial charge in [0.1, 0.15) is 5.82 Å². The van der Waals surface area contributed by atoms with E-state index in [1.165, 1.54) is 18.0 Å². The van der Waals surface area contributed by atoms with E-state index in [-0.39, 0.29) is 0 Å². The third-order valence-corrected chi connectivity index (χ3v) is 3.20. The Labute approximate surface area is 94.2 Å². The van der Waals surface area contributed by atoms with Gasteiger partial charge >= 0.3 is 0 Å². The number of hydrogen-bond acceptors (Lipinski definition) is 5. The molecule has 15 heavy (non-hydrogen) atoms. The summed E-state index contributed by atoms with van der Waals surface area (Å²) in [6, 6.07) is 0. The van der Waals surface area contributed by atoms with Crippen LogP contribution in [0.25, 0.3) is 0 Å². The first kappa shape index (κ1) is 10.8. The molecule has 1 aliphatic rings. The maximum atomic E-state index is 5.62. The average molecular weight is 227 g/mol. The topological polar surface area (TPSA) is 47.0 Å². The van der Waals surface area contributed by atoms with Gasteiger partial charge in [0.15, 0.2) is 0 Å². The Balaban J connectivity index is 1.77. The van der Waals surface area contributed by atoms with E-state index in [2.05, 4.69) is 21.6 Å². The van der Waals surface area contributed by atoms with Gasteiger partial charge in [-0.2, -0.15) is 9.36 Å². The molecule has 0 radical (unpaired) electrons. The average Bonchev–Trinajstić information content (AvgIpc) is 2.85. The van der Waals surface area contributed by atoms with E-state index in [1.54, 1.807) is 0 Å². The lowest BCUT2D eigenvalue weighted by atomic mass is 10.1. The molecule has 1 aromatic rings. The van der Waals surface area contributed by atoms with Gasteiger partial charge in [0.25, 0.3) is 5.19 Å². The van der Waals surface area contributed by atoms with Gasteiger partial charge in [-0.05, 0) is 19.4 Å². The normalized spacial score (nSPS) is 20.7. The summed E-state index contributed by atoms with van der Waals surface area (Å²) in [5, 5.41) is 4.05. The highest BCUT2D eigenvalue weighted by Gasteiger charge is 2.15. The molecule has 1 N–H and O–H groups in total. The van der Waals surface area contributed by atoms with Gasteiger partial charge in [-0.3, -0.25) is 0 Å². The fourth-order valence-electron chi connectivity index (χ4n) is 1.67. The van der Waals surface area contributed by atoms with E-state index in [4.69, 9.17) is 4.74 Å². The van der Waals surface area contributed by atoms with Crippen LogP contribution < -0.4 is 10.1 Å². The Morgan fingerprint density at radius 2 is 2.53 bits per heavy atom. The van der Waals surface area contributed by atoms with Crippen LogP contribution in [0, 0.1) is 5.92 Å². The second-order valence-electron chi connectivity index (χ2n) is 3.90. The molecule has 0 saturated carbocycles. The van der Waals surface area contributed by atoms with Crippen molar-refractivity contribution in [3.63, 3.8) is 0 Å². The van der Waals surface area contributed by atoms with Gasteiger partial charge in [-0.15, -0.1) is 0 Å². The molecule has 2 heterocycles. The number of aryl methyl sites for hydroxylation is 1. The molecule has 1 aliphatic heterocycles. The molecule has 0 spiro atoms. The maximum absolute atomic E-state index is 5.62. The van der Waals surface area contributed by atoms with E-state index >= 15 is 0 Å². The predicted octanol–water partition coefficient (Wildman–Crippen LogP) is 1.48. The molecule has 0 aliphatic carbocycles. The molecule has 5 heteroatoms. The Kier molecular flexibility index (Phi) is 3.91. The number of ether oxygens (including phenoxy) is 1. The van der Waals surface area contributed by atoms with Gasteiger partial charge in [-0.1, -0.05) is 6.92 Å². The van der Waals surface area contributed by atoms with Gasteiger partial charge < -0.3 is 10.1 Å². The summed E-state index contributed by atoms with van der Waals surface area (Å²) in [6.45, 7) is 5.09. The highest BCUT2D eigenvalue weighted by Crippen LogP contribution is 2.17. The van der Waals surface area contributed by atoms with Gasteiger partial charge in [0.2, 0.25) is 0 Å².